The highest BCUT2D eigenvalue weighted by Gasteiger charge is 2.38. The van der Waals surface area contributed by atoms with Gasteiger partial charge in [0.05, 0.1) is 0 Å². The molecule has 3 atom stereocenters. The molecule has 0 amide bonds. The summed E-state index contributed by atoms with van der Waals surface area (Å²) in [4.78, 5) is 15.5. The Hall–Kier alpha value is -5.67. The monoisotopic (exact) mass is 617 g/mol. The lowest BCUT2D eigenvalue weighted by molar-refractivity contribution is 0.664. The summed E-state index contributed by atoms with van der Waals surface area (Å²) < 4.78 is 0. The molecule has 5 aromatic carbocycles. The normalized spacial score (nSPS) is 20.5. The summed E-state index contributed by atoms with van der Waals surface area (Å²) in [5.74, 6) is 2.94. The Morgan fingerprint density at radius 3 is 1.88 bits per heavy atom. The number of rotatable bonds is 4. The number of hydrogen-bond donors (Lipinski definition) is 0. The molecule has 3 unspecified atom stereocenters. The van der Waals surface area contributed by atoms with Gasteiger partial charge in [0.15, 0.2) is 11.6 Å². The molecule has 0 saturated heterocycles. The Kier molecular flexibility index (Phi) is 6.86. The number of hydrogen-bond acceptors (Lipinski definition) is 3. The zero-order chi connectivity index (χ0) is 32.2. The van der Waals surface area contributed by atoms with Gasteiger partial charge in [0.25, 0.3) is 0 Å². The van der Waals surface area contributed by atoms with Crippen LogP contribution >= 0.6 is 0 Å². The van der Waals surface area contributed by atoms with Crippen LogP contribution in [0.1, 0.15) is 48.7 Å². The Labute approximate surface area is 281 Å². The third-order valence-electron chi connectivity index (χ3n) is 10.4. The molecule has 3 aliphatic carbocycles. The summed E-state index contributed by atoms with van der Waals surface area (Å²) in [6.45, 7) is 4.60. The van der Waals surface area contributed by atoms with Crippen molar-refractivity contribution in [3.63, 3.8) is 0 Å². The van der Waals surface area contributed by atoms with Gasteiger partial charge in [-0.3, -0.25) is 0 Å². The second-order valence-electron chi connectivity index (χ2n) is 13.0. The molecule has 230 valence electrons. The molecule has 1 aromatic heterocycles. The summed E-state index contributed by atoms with van der Waals surface area (Å²) in [7, 11) is 0. The SMILES string of the molecule is C/C=C1/c2ccccc2C2=CC=C(c3c4ccccc4c(-c4nc(-c5ccccc5)nc(C5C=CC=CC5)n4)c4ccccc34)C(C)C21. The van der Waals surface area contributed by atoms with Crippen LogP contribution in [0, 0.1) is 11.8 Å². The largest absolute Gasteiger partial charge is 0.212 e. The van der Waals surface area contributed by atoms with Crippen molar-refractivity contribution >= 4 is 38.3 Å². The number of allylic oxidation sites excluding steroid dienone is 10. The molecular formula is C45H35N3. The Morgan fingerprint density at radius 2 is 1.21 bits per heavy atom. The first-order valence-corrected chi connectivity index (χ1v) is 17.0. The summed E-state index contributed by atoms with van der Waals surface area (Å²) >= 11 is 0. The van der Waals surface area contributed by atoms with E-state index < -0.39 is 0 Å². The van der Waals surface area contributed by atoms with E-state index >= 15 is 0 Å². The lowest BCUT2D eigenvalue weighted by Gasteiger charge is -2.30. The van der Waals surface area contributed by atoms with E-state index in [2.05, 4.69) is 141 Å². The van der Waals surface area contributed by atoms with Gasteiger partial charge in [-0.15, -0.1) is 0 Å². The highest BCUT2D eigenvalue weighted by atomic mass is 15.0. The number of fused-ring (bicyclic) bond motifs is 5. The van der Waals surface area contributed by atoms with E-state index in [1.165, 1.54) is 44.2 Å². The fourth-order valence-corrected chi connectivity index (χ4v) is 8.22. The van der Waals surface area contributed by atoms with Gasteiger partial charge >= 0.3 is 0 Å². The molecule has 3 heteroatoms. The fourth-order valence-electron chi connectivity index (χ4n) is 8.22. The average Bonchev–Trinajstić information content (AvgIpc) is 3.49. The smallest absolute Gasteiger partial charge is 0.164 e. The average molecular weight is 618 g/mol. The van der Waals surface area contributed by atoms with Crippen LogP contribution in [-0.2, 0) is 0 Å². The predicted molar refractivity (Wildman–Crippen MR) is 200 cm³/mol. The van der Waals surface area contributed by atoms with E-state index in [1.54, 1.807) is 0 Å². The Balaban J connectivity index is 1.30. The molecule has 6 aromatic rings. The van der Waals surface area contributed by atoms with Crippen molar-refractivity contribution in [2.45, 2.75) is 26.2 Å². The van der Waals surface area contributed by atoms with Gasteiger partial charge in [-0.25, -0.2) is 15.0 Å². The van der Waals surface area contributed by atoms with Crippen molar-refractivity contribution in [3.8, 4) is 22.8 Å². The zero-order valence-corrected chi connectivity index (χ0v) is 27.1. The van der Waals surface area contributed by atoms with Gasteiger partial charge in [-0.2, -0.15) is 0 Å². The number of aromatic nitrogens is 3. The van der Waals surface area contributed by atoms with Crippen molar-refractivity contribution in [1.82, 2.24) is 15.0 Å². The van der Waals surface area contributed by atoms with Gasteiger partial charge in [0.2, 0.25) is 0 Å². The van der Waals surface area contributed by atoms with Crippen molar-refractivity contribution in [1.29, 1.82) is 0 Å². The molecular weight excluding hydrogens is 583 g/mol. The van der Waals surface area contributed by atoms with Crippen molar-refractivity contribution < 1.29 is 0 Å². The summed E-state index contributed by atoms with van der Waals surface area (Å²) in [6.07, 6.45) is 16.5. The van der Waals surface area contributed by atoms with Crippen LogP contribution in [0.4, 0.5) is 0 Å². The third kappa shape index (κ3) is 4.46. The molecule has 0 saturated carbocycles. The quantitative estimate of drug-likeness (QED) is 0.185. The van der Waals surface area contributed by atoms with E-state index in [1.807, 2.05) is 18.2 Å². The summed E-state index contributed by atoms with van der Waals surface area (Å²) in [6, 6.07) is 36.8. The number of benzene rings is 5. The zero-order valence-electron chi connectivity index (χ0n) is 27.1. The fraction of sp³-hybridized carbons (Fsp3) is 0.133. The first-order chi connectivity index (χ1) is 23.7. The van der Waals surface area contributed by atoms with Gasteiger partial charge in [-0.05, 0) is 74.2 Å². The van der Waals surface area contributed by atoms with Gasteiger partial charge < -0.3 is 0 Å². The maximum atomic E-state index is 5.26. The summed E-state index contributed by atoms with van der Waals surface area (Å²) in [5, 5.41) is 4.76. The molecule has 0 aliphatic heterocycles. The summed E-state index contributed by atoms with van der Waals surface area (Å²) in [5.41, 5.74) is 10.3. The molecule has 3 nitrogen and oxygen atoms in total. The second-order valence-corrected chi connectivity index (χ2v) is 13.0. The maximum absolute atomic E-state index is 5.26. The van der Waals surface area contributed by atoms with Crippen LogP contribution in [0.5, 0.6) is 0 Å². The first kappa shape index (κ1) is 28.5. The lowest BCUT2D eigenvalue weighted by atomic mass is 9.73. The van der Waals surface area contributed by atoms with Gasteiger partial charge in [0.1, 0.15) is 5.82 Å². The third-order valence-corrected chi connectivity index (χ3v) is 10.4. The van der Waals surface area contributed by atoms with Gasteiger partial charge in [0, 0.05) is 23.0 Å². The van der Waals surface area contributed by atoms with Crippen LogP contribution < -0.4 is 0 Å². The molecule has 0 N–H and O–H groups in total. The molecule has 0 fully saturated rings. The molecule has 48 heavy (non-hydrogen) atoms. The van der Waals surface area contributed by atoms with Crippen LogP contribution in [0.15, 0.2) is 146 Å². The van der Waals surface area contributed by atoms with E-state index in [0.29, 0.717) is 17.7 Å². The maximum Gasteiger partial charge on any atom is 0.164 e. The molecule has 0 radical (unpaired) electrons. The van der Waals surface area contributed by atoms with Crippen molar-refractivity contribution in [2.24, 2.45) is 11.8 Å². The lowest BCUT2D eigenvalue weighted by Crippen LogP contribution is -2.16. The number of nitrogens with zero attached hydrogens (tertiary/aromatic N) is 3. The van der Waals surface area contributed by atoms with Crippen LogP contribution in [0.2, 0.25) is 0 Å². The highest BCUT2D eigenvalue weighted by molar-refractivity contribution is 6.19. The molecule has 0 bridgehead atoms. The Morgan fingerprint density at radius 1 is 0.604 bits per heavy atom. The minimum atomic E-state index is 0.0987. The molecule has 9 rings (SSSR count). The second kappa shape index (κ2) is 11.5. The molecule has 3 aliphatic rings. The highest BCUT2D eigenvalue weighted by Crippen LogP contribution is 2.55. The molecule has 0 spiro atoms. The van der Waals surface area contributed by atoms with Crippen molar-refractivity contribution in [2.75, 3.05) is 0 Å². The van der Waals surface area contributed by atoms with Crippen LogP contribution in [0.3, 0.4) is 0 Å². The molecule has 1 heterocycles. The van der Waals surface area contributed by atoms with Crippen LogP contribution in [-0.4, -0.2) is 15.0 Å². The van der Waals surface area contributed by atoms with Crippen molar-refractivity contribution in [3.05, 3.63) is 168 Å². The van der Waals surface area contributed by atoms with E-state index in [9.17, 15) is 0 Å². The van der Waals surface area contributed by atoms with E-state index in [4.69, 9.17) is 15.0 Å². The topological polar surface area (TPSA) is 38.7 Å². The van der Waals surface area contributed by atoms with Crippen LogP contribution in [0.25, 0.3) is 61.0 Å². The van der Waals surface area contributed by atoms with E-state index in [-0.39, 0.29) is 5.92 Å². The predicted octanol–water partition coefficient (Wildman–Crippen LogP) is 11.3. The van der Waals surface area contributed by atoms with E-state index in [0.717, 1.165) is 40.0 Å². The Bertz CT molecular complexity index is 2350. The van der Waals surface area contributed by atoms with Gasteiger partial charge in [-0.1, -0.05) is 153 Å². The standard InChI is InChI=1S/C45H35N3/c1-3-31-33-20-10-11-21-34(33)39-27-26-32(28(2)40(31)39)41-35-22-12-14-24-37(35)42(38-25-15-13-23-36(38)41)45-47-43(29-16-6-4-7-17-29)46-44(48-45)30-18-8-5-9-19-30/h3-18,20-28,30,40H,19H2,1-2H3/b31-3-. The minimum Gasteiger partial charge on any atom is -0.212 e. The first-order valence-electron chi connectivity index (χ1n) is 17.0. The minimum absolute atomic E-state index is 0.0987.